The minimum absolute atomic E-state index is 0.00734. The number of hydrogen-bond acceptors (Lipinski definition) is 4. The number of nitrogens with two attached hydrogens (primary N) is 1. The molecule has 6 nitrogen and oxygen atoms in total. The Hall–Kier alpha value is -1.44. The van der Waals surface area contributed by atoms with Gasteiger partial charge in [-0.05, 0) is 37.6 Å². The van der Waals surface area contributed by atoms with Gasteiger partial charge in [0.15, 0.2) is 0 Å². The number of piperidine rings is 1. The molecule has 19 heavy (non-hydrogen) atoms. The molecule has 1 heterocycles. The first-order valence-electron chi connectivity index (χ1n) is 6.11. The van der Waals surface area contributed by atoms with E-state index in [9.17, 15) is 13.2 Å². The van der Waals surface area contributed by atoms with Gasteiger partial charge in [0.2, 0.25) is 15.9 Å². The summed E-state index contributed by atoms with van der Waals surface area (Å²) in [6.45, 7) is 1.59. The second kappa shape index (κ2) is 5.68. The molecule has 4 N–H and O–H groups in total. The van der Waals surface area contributed by atoms with E-state index < -0.39 is 10.0 Å². The molecule has 0 bridgehead atoms. The number of benzene rings is 1. The van der Waals surface area contributed by atoms with Crippen LogP contribution in [0.15, 0.2) is 29.2 Å². The Morgan fingerprint density at radius 2 is 2.21 bits per heavy atom. The van der Waals surface area contributed by atoms with Crippen molar-refractivity contribution in [1.29, 1.82) is 0 Å². The van der Waals surface area contributed by atoms with E-state index in [4.69, 9.17) is 5.14 Å². The average molecular weight is 283 g/mol. The molecular weight excluding hydrogens is 266 g/mol. The van der Waals surface area contributed by atoms with Crippen LogP contribution < -0.4 is 15.8 Å². The summed E-state index contributed by atoms with van der Waals surface area (Å²) in [4.78, 5) is 12.0. The molecule has 7 heteroatoms. The van der Waals surface area contributed by atoms with E-state index in [1.54, 1.807) is 12.1 Å². The first kappa shape index (κ1) is 14.0. The largest absolute Gasteiger partial charge is 0.326 e. The fourth-order valence-electron chi connectivity index (χ4n) is 2.07. The van der Waals surface area contributed by atoms with Crippen molar-refractivity contribution in [2.24, 2.45) is 11.1 Å². The lowest BCUT2D eigenvalue weighted by Gasteiger charge is -2.21. The highest BCUT2D eigenvalue weighted by atomic mass is 32.2. The van der Waals surface area contributed by atoms with Crippen molar-refractivity contribution in [2.45, 2.75) is 17.7 Å². The van der Waals surface area contributed by atoms with Gasteiger partial charge in [0.05, 0.1) is 10.8 Å². The number of primary sulfonamides is 1. The highest BCUT2D eigenvalue weighted by Crippen LogP contribution is 2.17. The highest BCUT2D eigenvalue weighted by Gasteiger charge is 2.21. The first-order valence-corrected chi connectivity index (χ1v) is 7.66. The van der Waals surface area contributed by atoms with E-state index in [-0.39, 0.29) is 16.7 Å². The van der Waals surface area contributed by atoms with E-state index in [1.165, 1.54) is 12.1 Å². The summed E-state index contributed by atoms with van der Waals surface area (Å²) in [5.41, 5.74) is 0.446. The molecule has 1 amide bonds. The number of carbonyl (C=O) groups is 1. The second-order valence-corrected chi connectivity index (χ2v) is 6.17. The Balaban J connectivity index is 2.08. The number of rotatable bonds is 3. The number of carbonyl (C=O) groups excluding carboxylic acids is 1. The van der Waals surface area contributed by atoms with Crippen molar-refractivity contribution in [3.05, 3.63) is 24.3 Å². The maximum Gasteiger partial charge on any atom is 0.238 e. The zero-order chi connectivity index (χ0) is 13.9. The van der Waals surface area contributed by atoms with Crippen LogP contribution in [0, 0.1) is 5.92 Å². The van der Waals surface area contributed by atoms with Crippen molar-refractivity contribution in [2.75, 3.05) is 18.4 Å². The third-order valence-corrected chi connectivity index (χ3v) is 4.01. The molecule has 0 aromatic heterocycles. The number of hydrogen-bond donors (Lipinski definition) is 3. The van der Waals surface area contributed by atoms with Crippen LogP contribution >= 0.6 is 0 Å². The number of sulfonamides is 1. The normalized spacial score (nSPS) is 19.9. The first-order chi connectivity index (χ1) is 8.97. The molecule has 1 aliphatic heterocycles. The maximum absolute atomic E-state index is 12.0. The van der Waals surface area contributed by atoms with Crippen LogP contribution in [-0.4, -0.2) is 27.4 Å². The lowest BCUT2D eigenvalue weighted by Crippen LogP contribution is -2.37. The Morgan fingerprint density at radius 1 is 1.42 bits per heavy atom. The van der Waals surface area contributed by atoms with Crippen LogP contribution in [0.5, 0.6) is 0 Å². The van der Waals surface area contributed by atoms with Gasteiger partial charge < -0.3 is 10.6 Å². The Kier molecular flexibility index (Phi) is 4.18. The number of nitrogens with one attached hydrogen (secondary N) is 2. The van der Waals surface area contributed by atoms with Gasteiger partial charge in [-0.25, -0.2) is 13.6 Å². The molecule has 0 aliphatic carbocycles. The minimum atomic E-state index is -3.75. The molecule has 1 aromatic rings. The molecule has 0 radical (unpaired) electrons. The van der Waals surface area contributed by atoms with Gasteiger partial charge in [-0.3, -0.25) is 4.79 Å². The number of amides is 1. The van der Waals surface area contributed by atoms with Gasteiger partial charge in [-0.15, -0.1) is 0 Å². The predicted octanol–water partition coefficient (Wildman–Crippen LogP) is 0.272. The molecule has 1 atom stereocenters. The van der Waals surface area contributed by atoms with Gasteiger partial charge >= 0.3 is 0 Å². The monoisotopic (exact) mass is 283 g/mol. The Bertz CT molecular complexity index is 565. The van der Waals surface area contributed by atoms with Crippen molar-refractivity contribution in [3.8, 4) is 0 Å². The zero-order valence-corrected chi connectivity index (χ0v) is 11.2. The summed E-state index contributed by atoms with van der Waals surface area (Å²) in [5, 5.41) is 10.9. The summed E-state index contributed by atoms with van der Waals surface area (Å²) in [7, 11) is -3.75. The molecule has 1 saturated heterocycles. The lowest BCUT2D eigenvalue weighted by molar-refractivity contribution is -0.120. The summed E-state index contributed by atoms with van der Waals surface area (Å²) in [6.07, 6.45) is 1.81. The molecule has 0 unspecified atom stereocenters. The van der Waals surface area contributed by atoms with Crippen LogP contribution in [0.1, 0.15) is 12.8 Å². The fourth-order valence-corrected chi connectivity index (χ4v) is 2.63. The molecule has 104 valence electrons. The molecule has 1 aliphatic rings. The molecule has 0 saturated carbocycles. The SMILES string of the molecule is NS(=O)(=O)c1cccc(NC(=O)[C@@H]2CCCNC2)c1. The quantitative estimate of drug-likeness (QED) is 0.741. The van der Waals surface area contributed by atoms with Gasteiger partial charge in [0.25, 0.3) is 0 Å². The molecular formula is C12H17N3O3S. The van der Waals surface area contributed by atoms with Gasteiger partial charge in [-0.1, -0.05) is 6.07 Å². The van der Waals surface area contributed by atoms with Gasteiger partial charge in [-0.2, -0.15) is 0 Å². The fraction of sp³-hybridized carbons (Fsp3) is 0.417. The van der Waals surface area contributed by atoms with E-state index >= 15 is 0 Å². The Morgan fingerprint density at radius 3 is 2.84 bits per heavy atom. The number of anilines is 1. The van der Waals surface area contributed by atoms with Crippen LogP contribution in [0.2, 0.25) is 0 Å². The lowest BCUT2D eigenvalue weighted by atomic mass is 9.99. The molecule has 0 spiro atoms. The smallest absolute Gasteiger partial charge is 0.238 e. The third kappa shape index (κ3) is 3.76. The van der Waals surface area contributed by atoms with Crippen LogP contribution in [-0.2, 0) is 14.8 Å². The topological polar surface area (TPSA) is 101 Å². The van der Waals surface area contributed by atoms with Gasteiger partial charge in [0.1, 0.15) is 0 Å². The average Bonchev–Trinajstić information content (AvgIpc) is 2.39. The molecule has 2 rings (SSSR count). The summed E-state index contributed by atoms with van der Waals surface area (Å²) >= 11 is 0. The maximum atomic E-state index is 12.0. The van der Waals surface area contributed by atoms with E-state index in [0.717, 1.165) is 19.4 Å². The van der Waals surface area contributed by atoms with Crippen LogP contribution in [0.4, 0.5) is 5.69 Å². The van der Waals surface area contributed by atoms with Gasteiger partial charge in [0, 0.05) is 12.2 Å². The highest BCUT2D eigenvalue weighted by molar-refractivity contribution is 7.89. The summed E-state index contributed by atoms with van der Waals surface area (Å²) in [5.74, 6) is -0.175. The van der Waals surface area contributed by atoms with E-state index in [2.05, 4.69) is 10.6 Å². The summed E-state index contributed by atoms with van der Waals surface area (Å²) in [6, 6.07) is 5.95. The summed E-state index contributed by atoms with van der Waals surface area (Å²) < 4.78 is 22.5. The molecule has 1 fully saturated rings. The van der Waals surface area contributed by atoms with E-state index in [0.29, 0.717) is 12.2 Å². The minimum Gasteiger partial charge on any atom is -0.326 e. The Labute approximate surface area is 112 Å². The standard InChI is InChI=1S/C12H17N3O3S/c13-19(17,18)11-5-1-4-10(7-11)15-12(16)9-3-2-6-14-8-9/h1,4-5,7,9,14H,2-3,6,8H2,(H,15,16)(H2,13,17,18)/t9-/m1/s1. The van der Waals surface area contributed by atoms with Crippen molar-refractivity contribution < 1.29 is 13.2 Å². The van der Waals surface area contributed by atoms with Crippen molar-refractivity contribution in [3.63, 3.8) is 0 Å². The third-order valence-electron chi connectivity index (χ3n) is 3.10. The van der Waals surface area contributed by atoms with Crippen LogP contribution in [0.25, 0.3) is 0 Å². The van der Waals surface area contributed by atoms with Crippen molar-refractivity contribution >= 4 is 21.6 Å². The zero-order valence-electron chi connectivity index (χ0n) is 10.4. The van der Waals surface area contributed by atoms with Crippen molar-refractivity contribution in [1.82, 2.24) is 5.32 Å². The van der Waals surface area contributed by atoms with E-state index in [1.807, 2.05) is 0 Å². The second-order valence-electron chi connectivity index (χ2n) is 4.61. The predicted molar refractivity (Wildman–Crippen MR) is 72.0 cm³/mol. The molecule has 1 aromatic carbocycles. The van der Waals surface area contributed by atoms with Crippen LogP contribution in [0.3, 0.4) is 0 Å².